The van der Waals surface area contributed by atoms with Crippen LogP contribution < -0.4 is 11.1 Å². The molecule has 0 radical (unpaired) electrons. The van der Waals surface area contributed by atoms with E-state index in [1.807, 2.05) is 0 Å². The Hall–Kier alpha value is -1.01. The Morgan fingerprint density at radius 1 is 1.19 bits per heavy atom. The quantitative estimate of drug-likeness (QED) is 0.473. The van der Waals surface area contributed by atoms with Crippen molar-refractivity contribution in [1.29, 1.82) is 0 Å². The minimum absolute atomic E-state index is 0.361. The number of benzene rings is 1. The van der Waals surface area contributed by atoms with Crippen LogP contribution in [0.5, 0.6) is 0 Å². The van der Waals surface area contributed by atoms with Gasteiger partial charge in [-0.3, -0.25) is 0 Å². The zero-order chi connectivity index (χ0) is 12.2. The number of aliphatic hydroxyl groups excluding tert-OH is 3. The first-order valence-corrected chi connectivity index (χ1v) is 5.11. The van der Waals surface area contributed by atoms with Crippen molar-refractivity contribution in [2.24, 2.45) is 0 Å². The summed E-state index contributed by atoms with van der Waals surface area (Å²) in [5.41, 5.74) is 5.24. The number of hydrogen-bond donors (Lipinski definition) is 5. The smallest absolute Gasteiger partial charge is 0.107 e. The number of nitrogen functional groups attached to an aromatic ring is 1. The summed E-state index contributed by atoms with van der Waals surface area (Å²) in [6.45, 7) is -1.32. The lowest BCUT2D eigenvalue weighted by molar-refractivity contribution is 0.0834. The lowest BCUT2D eigenvalue weighted by Gasteiger charge is -2.30. The van der Waals surface area contributed by atoms with Crippen molar-refractivity contribution in [1.82, 2.24) is 0 Å². The largest absolute Gasteiger partial charge is 0.397 e. The lowest BCUT2D eigenvalue weighted by atomic mass is 10.0. The molecule has 0 aliphatic carbocycles. The third-order valence-corrected chi connectivity index (χ3v) is 2.66. The third-order valence-electron chi connectivity index (χ3n) is 2.34. The Kier molecular flexibility index (Phi) is 4.37. The minimum Gasteiger partial charge on any atom is -0.397 e. The van der Waals surface area contributed by atoms with Crippen molar-refractivity contribution >= 4 is 23.0 Å². The van der Waals surface area contributed by atoms with E-state index in [9.17, 15) is 0 Å². The number of hydrogen-bond acceptors (Lipinski definition) is 5. The summed E-state index contributed by atoms with van der Waals surface area (Å²) in [6.07, 6.45) is 0. The first-order chi connectivity index (χ1) is 7.58. The average Bonchev–Trinajstić information content (AvgIpc) is 2.30. The average molecular weight is 247 g/mol. The SMILES string of the molecule is Nc1cccc(Cl)c1NC(CO)(CO)CO. The van der Waals surface area contributed by atoms with E-state index in [0.717, 1.165) is 0 Å². The topological polar surface area (TPSA) is 98.7 Å². The molecule has 0 aromatic heterocycles. The molecule has 0 saturated carbocycles. The van der Waals surface area contributed by atoms with Gasteiger partial charge < -0.3 is 26.4 Å². The number of nitrogens with one attached hydrogen (secondary N) is 1. The first-order valence-electron chi connectivity index (χ1n) is 4.73. The Bertz CT molecular complexity index is 327. The Morgan fingerprint density at radius 3 is 2.19 bits per heavy atom. The van der Waals surface area contributed by atoms with Gasteiger partial charge >= 0.3 is 0 Å². The van der Waals surface area contributed by atoms with Crippen LogP contribution in [0.15, 0.2) is 18.2 Å². The van der Waals surface area contributed by atoms with Gasteiger partial charge in [0.25, 0.3) is 0 Å². The van der Waals surface area contributed by atoms with Gasteiger partial charge in [-0.1, -0.05) is 17.7 Å². The van der Waals surface area contributed by atoms with E-state index >= 15 is 0 Å². The third kappa shape index (κ3) is 2.56. The highest BCUT2D eigenvalue weighted by Gasteiger charge is 2.29. The van der Waals surface area contributed by atoms with Crippen molar-refractivity contribution in [3.63, 3.8) is 0 Å². The number of anilines is 2. The fraction of sp³-hybridized carbons (Fsp3) is 0.400. The van der Waals surface area contributed by atoms with E-state index in [1.54, 1.807) is 18.2 Å². The number of halogens is 1. The molecule has 0 bridgehead atoms. The molecule has 0 aliphatic heterocycles. The van der Waals surface area contributed by atoms with E-state index in [0.29, 0.717) is 16.4 Å². The lowest BCUT2D eigenvalue weighted by Crippen LogP contribution is -2.49. The maximum Gasteiger partial charge on any atom is 0.107 e. The van der Waals surface area contributed by atoms with Gasteiger partial charge in [-0.15, -0.1) is 0 Å². The Morgan fingerprint density at radius 2 is 1.75 bits per heavy atom. The van der Waals surface area contributed by atoms with Crippen LogP contribution in [0.25, 0.3) is 0 Å². The van der Waals surface area contributed by atoms with E-state index in [4.69, 9.17) is 32.7 Å². The second-order valence-corrected chi connectivity index (χ2v) is 3.99. The molecule has 1 aromatic rings. The molecule has 0 spiro atoms. The maximum atomic E-state index is 9.15. The molecule has 6 N–H and O–H groups in total. The van der Waals surface area contributed by atoms with E-state index in [2.05, 4.69) is 5.32 Å². The summed E-state index contributed by atoms with van der Waals surface area (Å²) in [4.78, 5) is 0. The van der Waals surface area contributed by atoms with Crippen LogP contribution >= 0.6 is 11.6 Å². The molecule has 6 heteroatoms. The molecule has 0 aliphatic rings. The van der Waals surface area contributed by atoms with Crippen molar-refractivity contribution in [2.75, 3.05) is 30.9 Å². The molecule has 0 atom stereocenters. The standard InChI is InChI=1S/C10H15ClN2O3/c11-7-2-1-3-8(12)9(7)13-10(4-14,5-15)6-16/h1-3,13-16H,4-6,12H2. The van der Waals surface area contributed by atoms with Gasteiger partial charge in [0.15, 0.2) is 0 Å². The highest BCUT2D eigenvalue weighted by Crippen LogP contribution is 2.30. The molecule has 1 rings (SSSR count). The van der Waals surface area contributed by atoms with Gasteiger partial charge in [-0.2, -0.15) is 0 Å². The number of nitrogens with two attached hydrogens (primary N) is 1. The fourth-order valence-electron chi connectivity index (χ4n) is 1.21. The maximum absolute atomic E-state index is 9.15. The van der Waals surface area contributed by atoms with Crippen LogP contribution in [0.1, 0.15) is 0 Å². The zero-order valence-electron chi connectivity index (χ0n) is 8.65. The summed E-state index contributed by atoms with van der Waals surface area (Å²) >= 11 is 5.92. The first kappa shape index (κ1) is 13.1. The second-order valence-electron chi connectivity index (χ2n) is 3.58. The summed E-state index contributed by atoms with van der Waals surface area (Å²) < 4.78 is 0. The van der Waals surface area contributed by atoms with E-state index in [1.165, 1.54) is 0 Å². The Balaban J connectivity index is 3.02. The minimum atomic E-state index is -1.24. The molecule has 90 valence electrons. The number of aliphatic hydroxyl groups is 3. The van der Waals surface area contributed by atoms with Gasteiger partial charge in [-0.25, -0.2) is 0 Å². The normalized spacial score (nSPS) is 11.5. The summed E-state index contributed by atoms with van der Waals surface area (Å²) in [5, 5.41) is 30.6. The predicted molar refractivity (Wildman–Crippen MR) is 63.5 cm³/mol. The highest BCUT2D eigenvalue weighted by molar-refractivity contribution is 6.33. The van der Waals surface area contributed by atoms with Crippen LogP contribution in [0.4, 0.5) is 11.4 Å². The Labute approximate surface area is 98.5 Å². The molecule has 0 unspecified atom stereocenters. The monoisotopic (exact) mass is 246 g/mol. The molecule has 0 heterocycles. The van der Waals surface area contributed by atoms with Crippen molar-refractivity contribution in [2.45, 2.75) is 5.54 Å². The molecule has 16 heavy (non-hydrogen) atoms. The van der Waals surface area contributed by atoms with Crippen LogP contribution in [-0.2, 0) is 0 Å². The van der Waals surface area contributed by atoms with Crippen molar-refractivity contribution in [3.05, 3.63) is 23.2 Å². The van der Waals surface area contributed by atoms with Crippen LogP contribution in [0.2, 0.25) is 5.02 Å². The summed E-state index contributed by atoms with van der Waals surface area (Å²) in [7, 11) is 0. The van der Waals surface area contributed by atoms with Crippen LogP contribution in [0, 0.1) is 0 Å². The fourth-order valence-corrected chi connectivity index (χ4v) is 1.44. The molecule has 0 amide bonds. The van der Waals surface area contributed by atoms with Gasteiger partial charge in [0.1, 0.15) is 5.54 Å². The van der Waals surface area contributed by atoms with Gasteiger partial charge in [0.2, 0.25) is 0 Å². The van der Waals surface area contributed by atoms with Crippen molar-refractivity contribution in [3.8, 4) is 0 Å². The van der Waals surface area contributed by atoms with Crippen LogP contribution in [-0.4, -0.2) is 40.7 Å². The molecule has 0 fully saturated rings. The van der Waals surface area contributed by atoms with E-state index in [-0.39, 0.29) is 0 Å². The van der Waals surface area contributed by atoms with Crippen LogP contribution in [0.3, 0.4) is 0 Å². The molecule has 0 saturated heterocycles. The second kappa shape index (κ2) is 5.36. The molecular weight excluding hydrogens is 232 g/mol. The van der Waals surface area contributed by atoms with Gasteiger partial charge in [0, 0.05) is 0 Å². The zero-order valence-corrected chi connectivity index (χ0v) is 9.41. The highest BCUT2D eigenvalue weighted by atomic mass is 35.5. The van der Waals surface area contributed by atoms with Gasteiger partial charge in [0.05, 0.1) is 36.2 Å². The number of rotatable bonds is 5. The van der Waals surface area contributed by atoms with Gasteiger partial charge in [-0.05, 0) is 12.1 Å². The summed E-state index contributed by atoms with van der Waals surface area (Å²) in [6, 6.07) is 4.93. The summed E-state index contributed by atoms with van der Waals surface area (Å²) in [5.74, 6) is 0. The molecule has 1 aromatic carbocycles. The predicted octanol–water partition coefficient (Wildman–Crippen LogP) is 0.0498. The molecule has 5 nitrogen and oxygen atoms in total. The van der Waals surface area contributed by atoms with E-state index < -0.39 is 25.4 Å². The number of para-hydroxylation sites is 1. The molecular formula is C10H15ClN2O3. The van der Waals surface area contributed by atoms with Crippen molar-refractivity contribution < 1.29 is 15.3 Å².